The number of H-pyrrole nitrogens is 1. The number of carbonyl (C=O) groups is 1. The van der Waals surface area contributed by atoms with Crippen molar-refractivity contribution in [3.8, 4) is 10.6 Å². The molecule has 0 aliphatic heterocycles. The SMILES string of the molecule is O=C(Nc1cccc(-c2nc3ccc[nH+]c3s2)c1)c1ccccc1. The summed E-state index contributed by atoms with van der Waals surface area (Å²) >= 11 is 1.59. The number of nitrogens with zero attached hydrogens (tertiary/aromatic N) is 1. The molecular formula is C19H14N3OS+. The number of anilines is 1. The molecular weight excluding hydrogens is 318 g/mol. The van der Waals surface area contributed by atoms with Gasteiger partial charge in [-0.3, -0.25) is 4.79 Å². The van der Waals surface area contributed by atoms with Gasteiger partial charge in [0.2, 0.25) is 0 Å². The molecule has 0 aliphatic carbocycles. The van der Waals surface area contributed by atoms with E-state index in [-0.39, 0.29) is 5.91 Å². The minimum Gasteiger partial charge on any atom is -0.322 e. The molecule has 2 aromatic carbocycles. The first-order valence-corrected chi connectivity index (χ1v) is 8.35. The van der Waals surface area contributed by atoms with Crippen LogP contribution >= 0.6 is 11.3 Å². The van der Waals surface area contributed by atoms with Crippen LogP contribution in [0.4, 0.5) is 5.69 Å². The Morgan fingerprint density at radius 3 is 2.71 bits per heavy atom. The largest absolute Gasteiger partial charge is 0.322 e. The maximum Gasteiger partial charge on any atom is 0.287 e. The Kier molecular flexibility index (Phi) is 3.76. The van der Waals surface area contributed by atoms with Crippen molar-refractivity contribution in [1.29, 1.82) is 0 Å². The Labute approximate surface area is 142 Å². The number of aromatic amines is 1. The smallest absolute Gasteiger partial charge is 0.287 e. The monoisotopic (exact) mass is 332 g/mol. The second-order valence-electron chi connectivity index (χ2n) is 5.30. The molecule has 5 heteroatoms. The lowest BCUT2D eigenvalue weighted by atomic mass is 10.2. The summed E-state index contributed by atoms with van der Waals surface area (Å²) < 4.78 is 0. The predicted octanol–water partition coefficient (Wildman–Crippen LogP) is 4.03. The van der Waals surface area contributed by atoms with Gasteiger partial charge in [-0.15, -0.1) is 0 Å². The van der Waals surface area contributed by atoms with Crippen LogP contribution in [0.15, 0.2) is 72.9 Å². The predicted molar refractivity (Wildman–Crippen MR) is 96.0 cm³/mol. The minimum atomic E-state index is -0.120. The van der Waals surface area contributed by atoms with E-state index in [9.17, 15) is 4.79 Å². The summed E-state index contributed by atoms with van der Waals surface area (Å²) in [5, 5.41) is 3.85. The standard InChI is InChI=1S/C19H13N3OS/c23-17(13-6-2-1-3-7-13)21-15-9-4-8-14(12-15)18-22-16-10-5-11-20-19(16)24-18/h1-12H,(H,21,23)/p+1. The summed E-state index contributed by atoms with van der Waals surface area (Å²) in [4.78, 5) is 21.1. The normalized spacial score (nSPS) is 10.7. The van der Waals surface area contributed by atoms with Crippen LogP contribution in [0.25, 0.3) is 20.9 Å². The fourth-order valence-corrected chi connectivity index (χ4v) is 3.38. The van der Waals surface area contributed by atoms with Crippen molar-refractivity contribution in [1.82, 2.24) is 4.98 Å². The lowest BCUT2D eigenvalue weighted by Crippen LogP contribution is -2.11. The zero-order valence-corrected chi connectivity index (χ0v) is 13.5. The fourth-order valence-electron chi connectivity index (χ4n) is 2.46. The van der Waals surface area contributed by atoms with E-state index in [4.69, 9.17) is 0 Å². The van der Waals surface area contributed by atoms with Gasteiger partial charge in [0.1, 0.15) is 10.5 Å². The van der Waals surface area contributed by atoms with Crippen molar-refractivity contribution in [3.05, 3.63) is 78.5 Å². The van der Waals surface area contributed by atoms with E-state index < -0.39 is 0 Å². The van der Waals surface area contributed by atoms with E-state index in [1.165, 1.54) is 0 Å². The molecule has 0 fully saturated rings. The number of rotatable bonds is 3. The minimum absolute atomic E-state index is 0.120. The summed E-state index contributed by atoms with van der Waals surface area (Å²) in [6, 6.07) is 20.8. The molecule has 0 atom stereocenters. The molecule has 4 nitrogen and oxygen atoms in total. The first-order chi connectivity index (χ1) is 11.8. The molecule has 0 bridgehead atoms. The van der Waals surface area contributed by atoms with E-state index >= 15 is 0 Å². The molecule has 2 heterocycles. The van der Waals surface area contributed by atoms with Crippen LogP contribution in [0.2, 0.25) is 0 Å². The molecule has 0 saturated carbocycles. The van der Waals surface area contributed by atoms with Gasteiger partial charge in [-0.05, 0) is 41.7 Å². The number of nitrogens with one attached hydrogen (secondary N) is 2. The second kappa shape index (κ2) is 6.22. The lowest BCUT2D eigenvalue weighted by Gasteiger charge is -2.06. The molecule has 0 unspecified atom stereocenters. The highest BCUT2D eigenvalue weighted by atomic mass is 32.1. The highest BCUT2D eigenvalue weighted by Crippen LogP contribution is 2.29. The number of fused-ring (bicyclic) bond motifs is 1. The average molecular weight is 332 g/mol. The van der Waals surface area contributed by atoms with Crippen molar-refractivity contribution in [3.63, 3.8) is 0 Å². The van der Waals surface area contributed by atoms with Gasteiger partial charge in [-0.25, -0.2) is 9.97 Å². The van der Waals surface area contributed by atoms with E-state index in [1.54, 1.807) is 23.5 Å². The number of thiazole rings is 1. The number of hydrogen-bond acceptors (Lipinski definition) is 3. The third-order valence-corrected chi connectivity index (χ3v) is 4.67. The van der Waals surface area contributed by atoms with E-state index in [2.05, 4.69) is 15.3 Å². The highest BCUT2D eigenvalue weighted by molar-refractivity contribution is 7.20. The van der Waals surface area contributed by atoms with Crippen molar-refractivity contribution in [2.75, 3.05) is 5.32 Å². The Morgan fingerprint density at radius 1 is 1.00 bits per heavy atom. The van der Waals surface area contributed by atoms with Crippen LogP contribution in [0.3, 0.4) is 0 Å². The summed E-state index contributed by atoms with van der Waals surface area (Å²) in [5.74, 6) is -0.120. The van der Waals surface area contributed by atoms with Gasteiger partial charge in [0, 0.05) is 22.9 Å². The molecule has 1 amide bonds. The average Bonchev–Trinajstić information content (AvgIpc) is 3.07. The second-order valence-corrected chi connectivity index (χ2v) is 6.30. The maximum atomic E-state index is 12.3. The third kappa shape index (κ3) is 2.89. The zero-order valence-electron chi connectivity index (χ0n) is 12.7. The van der Waals surface area contributed by atoms with Crippen LogP contribution in [0.1, 0.15) is 10.4 Å². The summed E-state index contributed by atoms with van der Waals surface area (Å²) in [5.41, 5.74) is 3.31. The van der Waals surface area contributed by atoms with Crippen molar-refractivity contribution < 1.29 is 9.78 Å². The summed E-state index contributed by atoms with van der Waals surface area (Å²) in [6.07, 6.45) is 1.89. The number of pyridine rings is 1. The zero-order chi connectivity index (χ0) is 16.4. The number of amides is 1. The van der Waals surface area contributed by atoms with E-state index in [0.29, 0.717) is 5.56 Å². The van der Waals surface area contributed by atoms with Gasteiger partial charge in [0.25, 0.3) is 10.7 Å². The molecule has 0 spiro atoms. The van der Waals surface area contributed by atoms with Gasteiger partial charge in [0.15, 0.2) is 6.20 Å². The van der Waals surface area contributed by atoms with Gasteiger partial charge in [-0.2, -0.15) is 0 Å². The molecule has 24 heavy (non-hydrogen) atoms. The van der Waals surface area contributed by atoms with Crippen molar-refractivity contribution >= 4 is 33.3 Å². The highest BCUT2D eigenvalue weighted by Gasteiger charge is 2.11. The quantitative estimate of drug-likeness (QED) is 0.616. The van der Waals surface area contributed by atoms with E-state index in [0.717, 1.165) is 26.6 Å². The van der Waals surface area contributed by atoms with Crippen LogP contribution in [-0.4, -0.2) is 10.9 Å². The molecule has 0 saturated heterocycles. The van der Waals surface area contributed by atoms with Crippen molar-refractivity contribution in [2.45, 2.75) is 0 Å². The number of carbonyl (C=O) groups excluding carboxylic acids is 1. The molecule has 0 aliphatic rings. The van der Waals surface area contributed by atoms with Crippen LogP contribution < -0.4 is 10.3 Å². The van der Waals surface area contributed by atoms with Crippen molar-refractivity contribution in [2.24, 2.45) is 0 Å². The van der Waals surface area contributed by atoms with Gasteiger partial charge < -0.3 is 5.32 Å². The Bertz CT molecular complexity index is 978. The molecule has 116 valence electrons. The third-order valence-electron chi connectivity index (χ3n) is 3.62. The van der Waals surface area contributed by atoms with E-state index in [1.807, 2.05) is 60.8 Å². The number of hydrogen-bond donors (Lipinski definition) is 1. The van der Waals surface area contributed by atoms with Gasteiger partial charge in [-0.1, -0.05) is 30.3 Å². The number of aromatic nitrogens is 2. The molecule has 2 N–H and O–H groups in total. The van der Waals surface area contributed by atoms with Crippen LogP contribution in [0.5, 0.6) is 0 Å². The maximum absolute atomic E-state index is 12.3. The Balaban J connectivity index is 1.63. The van der Waals surface area contributed by atoms with Crippen LogP contribution in [-0.2, 0) is 0 Å². The van der Waals surface area contributed by atoms with Crippen LogP contribution in [0, 0.1) is 0 Å². The molecule has 4 aromatic rings. The molecule has 0 radical (unpaired) electrons. The fraction of sp³-hybridized carbons (Fsp3) is 0. The molecule has 2 aromatic heterocycles. The first kappa shape index (κ1) is 14.5. The van der Waals surface area contributed by atoms with Gasteiger partial charge in [0.05, 0.1) is 0 Å². The lowest BCUT2D eigenvalue weighted by molar-refractivity contribution is -0.341. The Morgan fingerprint density at radius 2 is 1.88 bits per heavy atom. The topological polar surface area (TPSA) is 56.1 Å². The Hall–Kier alpha value is -3.05. The summed E-state index contributed by atoms with van der Waals surface area (Å²) in [7, 11) is 0. The van der Waals surface area contributed by atoms with Gasteiger partial charge >= 0.3 is 0 Å². The molecule has 4 rings (SSSR count). The summed E-state index contributed by atoms with van der Waals surface area (Å²) in [6.45, 7) is 0. The first-order valence-electron chi connectivity index (χ1n) is 7.54. The number of benzene rings is 2.